The van der Waals surface area contributed by atoms with Crippen LogP contribution in [0.3, 0.4) is 0 Å². The molecule has 0 aliphatic carbocycles. The van der Waals surface area contributed by atoms with Crippen LogP contribution in [0.1, 0.15) is 114 Å². The highest BCUT2D eigenvalue weighted by molar-refractivity contribution is 5.31. The zero-order valence-corrected chi connectivity index (χ0v) is 27.7. The van der Waals surface area contributed by atoms with Crippen molar-refractivity contribution in [2.24, 2.45) is 5.92 Å². The second-order valence-corrected chi connectivity index (χ2v) is 11.9. The fraction of sp³-hybridized carbons (Fsp3) is 0.450. The van der Waals surface area contributed by atoms with Crippen molar-refractivity contribution >= 4 is 0 Å². The van der Waals surface area contributed by atoms with Gasteiger partial charge in [0.05, 0.1) is 0 Å². The van der Waals surface area contributed by atoms with Gasteiger partial charge in [-0.3, -0.25) is 0 Å². The van der Waals surface area contributed by atoms with Gasteiger partial charge in [-0.25, -0.2) is 0 Å². The van der Waals surface area contributed by atoms with Crippen molar-refractivity contribution < 1.29 is 0 Å². The Morgan fingerprint density at radius 2 is 0.900 bits per heavy atom. The lowest BCUT2D eigenvalue weighted by atomic mass is 10.0. The van der Waals surface area contributed by atoms with Gasteiger partial charge in [-0.05, 0) is 99.8 Å². The molecule has 0 fully saturated rings. The molecule has 0 N–H and O–H groups in total. The first-order valence-corrected chi connectivity index (χ1v) is 15.3. The maximum absolute atomic E-state index is 2.42. The summed E-state index contributed by atoms with van der Waals surface area (Å²) in [6, 6.07) is 0. The second kappa shape index (κ2) is 24.0. The van der Waals surface area contributed by atoms with E-state index in [0.29, 0.717) is 0 Å². The molecule has 0 radical (unpaired) electrons. The van der Waals surface area contributed by atoms with Crippen molar-refractivity contribution in [1.29, 1.82) is 0 Å². The average Bonchev–Trinajstić information content (AvgIpc) is 2.86. The standard InChI is InChI=1S/C40H60/c1-33(2)19-13-23-37(7)27-17-31-39(9)29-15-25-35(5)21-11-12-22-36(6)26-16-30-40(10)32-18-28-38(8)24-14-20-34(3)4/h11-12,15-17,19,21-22,25-31,34H,13-14,18,20,23-24,32H2,1-10H3/b12-11+,25-15+,26-16+,31-17+,35-21+,36-22-,37-27+,38-28+,39-29+,40-30+. The predicted octanol–water partition coefficient (Wildman–Crippen LogP) is 13.2. The van der Waals surface area contributed by atoms with Gasteiger partial charge in [-0.15, -0.1) is 0 Å². The normalized spacial score (nSPS) is 15.2. The van der Waals surface area contributed by atoms with E-state index in [-0.39, 0.29) is 0 Å². The molecule has 0 aliphatic rings. The molecule has 0 aromatic carbocycles. The summed E-state index contributed by atoms with van der Waals surface area (Å²) in [6.07, 6.45) is 41.2. The summed E-state index contributed by atoms with van der Waals surface area (Å²) < 4.78 is 0. The minimum atomic E-state index is 0.811. The highest BCUT2D eigenvalue weighted by atomic mass is 14.0. The summed E-state index contributed by atoms with van der Waals surface area (Å²) in [5.74, 6) is 0.811. The second-order valence-electron chi connectivity index (χ2n) is 11.9. The lowest BCUT2D eigenvalue weighted by Crippen LogP contribution is -1.87. The fourth-order valence-electron chi connectivity index (χ4n) is 3.85. The molecule has 0 saturated carbocycles. The summed E-state index contributed by atoms with van der Waals surface area (Å²) in [5, 5.41) is 0. The molecule has 40 heavy (non-hydrogen) atoms. The molecule has 0 atom stereocenters. The van der Waals surface area contributed by atoms with Gasteiger partial charge in [0, 0.05) is 0 Å². The first-order valence-electron chi connectivity index (χ1n) is 15.3. The molecule has 0 amide bonds. The summed E-state index contributed by atoms with van der Waals surface area (Å²) >= 11 is 0. The number of hydrogen-bond donors (Lipinski definition) is 0. The third kappa shape index (κ3) is 25.4. The molecule has 220 valence electrons. The molecule has 0 aromatic rings. The van der Waals surface area contributed by atoms with E-state index in [9.17, 15) is 0 Å². The number of allylic oxidation sites excluding steroid dienone is 22. The SMILES string of the molecule is CC(C)=CCC/C(C)=C/C=C/C(C)=C/C=C/C(C)=C/C=C/C=C(C)\C=C\C=C(/C)CC/C=C(\C)CCCC(C)C. The Morgan fingerprint density at radius 1 is 0.475 bits per heavy atom. The summed E-state index contributed by atoms with van der Waals surface area (Å²) in [6.45, 7) is 22.0. The molecule has 0 heteroatoms. The maximum Gasteiger partial charge on any atom is -0.0285 e. The van der Waals surface area contributed by atoms with Crippen LogP contribution in [0.2, 0.25) is 0 Å². The van der Waals surface area contributed by atoms with Crippen molar-refractivity contribution in [3.05, 3.63) is 130 Å². The van der Waals surface area contributed by atoms with Crippen molar-refractivity contribution in [2.45, 2.75) is 114 Å². The van der Waals surface area contributed by atoms with Gasteiger partial charge in [0.1, 0.15) is 0 Å². The fourth-order valence-corrected chi connectivity index (χ4v) is 3.85. The van der Waals surface area contributed by atoms with Gasteiger partial charge < -0.3 is 0 Å². The van der Waals surface area contributed by atoms with Gasteiger partial charge >= 0.3 is 0 Å². The van der Waals surface area contributed by atoms with Crippen LogP contribution in [0.15, 0.2) is 130 Å². The zero-order chi connectivity index (χ0) is 30.2. The van der Waals surface area contributed by atoms with Gasteiger partial charge in [0.25, 0.3) is 0 Å². The third-order valence-electron chi connectivity index (χ3n) is 6.50. The zero-order valence-electron chi connectivity index (χ0n) is 27.7. The van der Waals surface area contributed by atoms with Crippen molar-refractivity contribution in [2.75, 3.05) is 0 Å². The Hall–Kier alpha value is -2.86. The quantitative estimate of drug-likeness (QED) is 0.120. The molecule has 0 unspecified atom stereocenters. The van der Waals surface area contributed by atoms with Crippen LogP contribution in [0, 0.1) is 5.92 Å². The van der Waals surface area contributed by atoms with E-state index in [2.05, 4.69) is 160 Å². The third-order valence-corrected chi connectivity index (χ3v) is 6.50. The van der Waals surface area contributed by atoms with E-state index in [1.54, 1.807) is 0 Å². The molecule has 0 rings (SSSR count). The van der Waals surface area contributed by atoms with Crippen LogP contribution in [0.25, 0.3) is 0 Å². The lowest BCUT2D eigenvalue weighted by molar-refractivity contribution is 0.554. The highest BCUT2D eigenvalue weighted by Gasteiger charge is 1.96. The van der Waals surface area contributed by atoms with Crippen LogP contribution in [-0.2, 0) is 0 Å². The van der Waals surface area contributed by atoms with Crippen LogP contribution in [0.4, 0.5) is 0 Å². The number of rotatable bonds is 18. The Labute approximate surface area is 249 Å². The van der Waals surface area contributed by atoms with Gasteiger partial charge in [0.2, 0.25) is 0 Å². The predicted molar refractivity (Wildman–Crippen MR) is 186 cm³/mol. The molecule has 0 nitrogen and oxygen atoms in total. The van der Waals surface area contributed by atoms with Gasteiger partial charge in [0.15, 0.2) is 0 Å². The lowest BCUT2D eigenvalue weighted by Gasteiger charge is -2.05. The first-order chi connectivity index (χ1) is 19.0. The van der Waals surface area contributed by atoms with E-state index in [0.717, 1.165) is 31.6 Å². The molecule has 0 bridgehead atoms. The molecule has 0 spiro atoms. The van der Waals surface area contributed by atoms with Crippen molar-refractivity contribution in [1.82, 2.24) is 0 Å². The van der Waals surface area contributed by atoms with Crippen LogP contribution in [0.5, 0.6) is 0 Å². The average molecular weight is 541 g/mol. The molecular weight excluding hydrogens is 480 g/mol. The summed E-state index contributed by atoms with van der Waals surface area (Å²) in [7, 11) is 0. The minimum Gasteiger partial charge on any atom is -0.0856 e. The van der Waals surface area contributed by atoms with E-state index in [4.69, 9.17) is 0 Å². The van der Waals surface area contributed by atoms with Gasteiger partial charge in [-0.2, -0.15) is 0 Å². The molecule has 0 aromatic heterocycles. The van der Waals surface area contributed by atoms with E-state index < -0.39 is 0 Å². The van der Waals surface area contributed by atoms with Crippen molar-refractivity contribution in [3.63, 3.8) is 0 Å². The van der Waals surface area contributed by atoms with Crippen LogP contribution >= 0.6 is 0 Å². The molecular formula is C40H60. The van der Waals surface area contributed by atoms with E-state index in [1.165, 1.54) is 58.3 Å². The highest BCUT2D eigenvalue weighted by Crippen LogP contribution is 2.14. The van der Waals surface area contributed by atoms with Crippen LogP contribution in [-0.4, -0.2) is 0 Å². The Bertz CT molecular complexity index is 1040. The van der Waals surface area contributed by atoms with Crippen LogP contribution < -0.4 is 0 Å². The monoisotopic (exact) mass is 540 g/mol. The molecule has 0 aliphatic heterocycles. The summed E-state index contributed by atoms with van der Waals surface area (Å²) in [5.41, 5.74) is 9.48. The van der Waals surface area contributed by atoms with Crippen molar-refractivity contribution in [3.8, 4) is 0 Å². The summed E-state index contributed by atoms with van der Waals surface area (Å²) in [4.78, 5) is 0. The Morgan fingerprint density at radius 3 is 1.35 bits per heavy atom. The van der Waals surface area contributed by atoms with E-state index >= 15 is 0 Å². The van der Waals surface area contributed by atoms with E-state index in [1.807, 2.05) is 0 Å². The topological polar surface area (TPSA) is 0 Å². The Kier molecular flexibility index (Phi) is 22.3. The largest absolute Gasteiger partial charge is 0.0856 e. The molecule has 0 heterocycles. The molecule has 0 saturated heterocycles. The number of hydrogen-bond acceptors (Lipinski definition) is 0. The smallest absolute Gasteiger partial charge is 0.0285 e. The minimum absolute atomic E-state index is 0.811. The van der Waals surface area contributed by atoms with Gasteiger partial charge in [-0.1, -0.05) is 150 Å². The Balaban J connectivity index is 4.58. The maximum atomic E-state index is 2.42. The first kappa shape index (κ1) is 37.1.